The van der Waals surface area contributed by atoms with E-state index in [9.17, 15) is 14.4 Å². The Balaban J connectivity index is 1.45. The zero-order chi connectivity index (χ0) is 17.1. The summed E-state index contributed by atoms with van der Waals surface area (Å²) in [4.78, 5) is 38.1. The summed E-state index contributed by atoms with van der Waals surface area (Å²) in [5.74, 6) is -0.813. The van der Waals surface area contributed by atoms with Crippen LogP contribution in [0.15, 0.2) is 35.7 Å². The number of aryl methyl sites for hydroxylation is 1. The number of fused-ring (bicyclic) bond motifs is 1. The molecule has 0 aliphatic carbocycles. The van der Waals surface area contributed by atoms with Gasteiger partial charge in [-0.25, -0.2) is 4.79 Å². The Kier molecular flexibility index (Phi) is 4.76. The van der Waals surface area contributed by atoms with Crippen LogP contribution >= 0.6 is 11.3 Å². The summed E-state index contributed by atoms with van der Waals surface area (Å²) in [5.41, 5.74) is 1.83. The zero-order valence-corrected chi connectivity index (χ0v) is 14.1. The Morgan fingerprint density at radius 1 is 1.08 bits per heavy atom. The van der Waals surface area contributed by atoms with E-state index in [4.69, 9.17) is 4.74 Å². The smallest absolute Gasteiger partial charge is 0.348 e. The molecule has 1 aromatic heterocycles. The standard InChI is InChI=1S/C18H17NO4S/c1-12-8-11-24-15(12)18(22)23-10-5-4-9-19-16(20)13-6-2-3-7-14(13)17(19)21/h2-3,6-8,11H,4-5,9-10H2,1H3. The minimum absolute atomic E-state index is 0.248. The van der Waals surface area contributed by atoms with Crippen LogP contribution in [0, 0.1) is 6.92 Å². The average Bonchev–Trinajstić information content (AvgIpc) is 3.11. The highest BCUT2D eigenvalue weighted by molar-refractivity contribution is 7.12. The largest absolute Gasteiger partial charge is 0.462 e. The maximum Gasteiger partial charge on any atom is 0.348 e. The summed E-state index contributed by atoms with van der Waals surface area (Å²) in [6.45, 7) is 2.48. The van der Waals surface area contributed by atoms with Crippen LogP contribution in [0.2, 0.25) is 0 Å². The third-order valence-corrected chi connectivity index (χ3v) is 4.93. The fraction of sp³-hybridized carbons (Fsp3) is 0.278. The van der Waals surface area contributed by atoms with Gasteiger partial charge in [-0.1, -0.05) is 12.1 Å². The molecule has 2 heterocycles. The van der Waals surface area contributed by atoms with Crippen molar-refractivity contribution in [2.24, 2.45) is 0 Å². The number of carbonyl (C=O) groups excluding carboxylic acids is 3. The highest BCUT2D eigenvalue weighted by atomic mass is 32.1. The minimum atomic E-state index is -0.316. The number of unbranched alkanes of at least 4 members (excludes halogenated alkanes) is 1. The third-order valence-electron chi connectivity index (χ3n) is 3.93. The Labute approximate surface area is 143 Å². The highest BCUT2D eigenvalue weighted by Crippen LogP contribution is 2.22. The molecule has 0 unspecified atom stereocenters. The zero-order valence-electron chi connectivity index (χ0n) is 13.3. The molecule has 24 heavy (non-hydrogen) atoms. The molecule has 0 bridgehead atoms. The van der Waals surface area contributed by atoms with Crippen LogP contribution in [0.4, 0.5) is 0 Å². The number of carbonyl (C=O) groups is 3. The summed E-state index contributed by atoms with van der Waals surface area (Å²) in [6, 6.07) is 8.71. The molecule has 0 radical (unpaired) electrons. The molecule has 3 rings (SSSR count). The molecule has 2 amide bonds. The van der Waals surface area contributed by atoms with Gasteiger partial charge in [0, 0.05) is 6.54 Å². The number of rotatable bonds is 6. The minimum Gasteiger partial charge on any atom is -0.462 e. The van der Waals surface area contributed by atoms with Crippen LogP contribution in [0.25, 0.3) is 0 Å². The van der Waals surface area contributed by atoms with Crippen molar-refractivity contribution < 1.29 is 19.1 Å². The Morgan fingerprint density at radius 3 is 2.33 bits per heavy atom. The van der Waals surface area contributed by atoms with Crippen LogP contribution in [0.3, 0.4) is 0 Å². The number of nitrogens with zero attached hydrogens (tertiary/aromatic N) is 1. The number of hydrogen-bond acceptors (Lipinski definition) is 5. The van der Waals surface area contributed by atoms with Gasteiger partial charge in [-0.05, 0) is 48.9 Å². The average molecular weight is 343 g/mol. The first kappa shape index (κ1) is 16.4. The van der Waals surface area contributed by atoms with Gasteiger partial charge in [-0.15, -0.1) is 11.3 Å². The molecular weight excluding hydrogens is 326 g/mol. The lowest BCUT2D eigenvalue weighted by Gasteiger charge is -2.13. The van der Waals surface area contributed by atoms with Crippen molar-refractivity contribution in [1.29, 1.82) is 0 Å². The summed E-state index contributed by atoms with van der Waals surface area (Å²) in [5, 5.41) is 1.86. The van der Waals surface area contributed by atoms with E-state index in [-0.39, 0.29) is 24.4 Å². The predicted molar refractivity (Wildman–Crippen MR) is 90.4 cm³/mol. The number of benzene rings is 1. The van der Waals surface area contributed by atoms with Gasteiger partial charge in [-0.3, -0.25) is 14.5 Å². The SMILES string of the molecule is Cc1ccsc1C(=O)OCCCCN1C(=O)c2ccccc2C1=O. The van der Waals surface area contributed by atoms with E-state index in [2.05, 4.69) is 0 Å². The Bertz CT molecular complexity index is 761. The molecule has 0 saturated carbocycles. The molecule has 0 fully saturated rings. The quantitative estimate of drug-likeness (QED) is 0.459. The number of esters is 1. The highest BCUT2D eigenvalue weighted by Gasteiger charge is 2.34. The van der Waals surface area contributed by atoms with Gasteiger partial charge in [-0.2, -0.15) is 0 Å². The van der Waals surface area contributed by atoms with Gasteiger partial charge in [0.2, 0.25) is 0 Å². The number of amides is 2. The second-order valence-electron chi connectivity index (χ2n) is 5.58. The first-order chi connectivity index (χ1) is 11.6. The topological polar surface area (TPSA) is 63.7 Å². The lowest BCUT2D eigenvalue weighted by Crippen LogP contribution is -2.30. The van der Waals surface area contributed by atoms with Gasteiger partial charge in [0.1, 0.15) is 4.88 Å². The summed E-state index contributed by atoms with van der Waals surface area (Å²) in [7, 11) is 0. The van der Waals surface area contributed by atoms with Crippen molar-refractivity contribution >= 4 is 29.1 Å². The van der Waals surface area contributed by atoms with Crippen LogP contribution < -0.4 is 0 Å². The number of imide groups is 1. The molecular formula is C18H17NO4S. The summed E-state index contributed by atoms with van der Waals surface area (Å²) >= 11 is 1.36. The molecule has 1 aliphatic heterocycles. The second kappa shape index (κ2) is 6.97. The third kappa shape index (κ3) is 3.10. The van der Waals surface area contributed by atoms with Crippen molar-refractivity contribution in [2.45, 2.75) is 19.8 Å². The van der Waals surface area contributed by atoms with Crippen molar-refractivity contribution in [3.05, 3.63) is 57.3 Å². The first-order valence-corrected chi connectivity index (χ1v) is 8.64. The molecule has 0 spiro atoms. The molecule has 5 nitrogen and oxygen atoms in total. The van der Waals surface area contributed by atoms with E-state index < -0.39 is 0 Å². The van der Waals surface area contributed by atoms with Crippen LogP contribution in [-0.2, 0) is 4.74 Å². The van der Waals surface area contributed by atoms with Crippen molar-refractivity contribution in [3.63, 3.8) is 0 Å². The van der Waals surface area contributed by atoms with Gasteiger partial charge < -0.3 is 4.74 Å². The maximum atomic E-state index is 12.2. The van der Waals surface area contributed by atoms with Crippen molar-refractivity contribution in [2.75, 3.05) is 13.2 Å². The van der Waals surface area contributed by atoms with E-state index in [1.165, 1.54) is 16.2 Å². The van der Waals surface area contributed by atoms with E-state index in [0.717, 1.165) is 5.56 Å². The van der Waals surface area contributed by atoms with Crippen LogP contribution in [-0.4, -0.2) is 35.8 Å². The maximum absolute atomic E-state index is 12.2. The fourth-order valence-corrected chi connectivity index (χ4v) is 3.44. The molecule has 0 saturated heterocycles. The van der Waals surface area contributed by atoms with E-state index in [1.54, 1.807) is 24.3 Å². The van der Waals surface area contributed by atoms with Crippen LogP contribution in [0.5, 0.6) is 0 Å². The number of ether oxygens (including phenoxy) is 1. The molecule has 6 heteroatoms. The molecule has 124 valence electrons. The predicted octanol–water partition coefficient (Wildman–Crippen LogP) is 3.29. The van der Waals surface area contributed by atoms with E-state index in [0.29, 0.717) is 35.4 Å². The summed E-state index contributed by atoms with van der Waals surface area (Å²) in [6.07, 6.45) is 1.20. The first-order valence-electron chi connectivity index (χ1n) is 7.76. The normalized spacial score (nSPS) is 13.3. The molecule has 0 N–H and O–H groups in total. The number of thiophene rings is 1. The number of hydrogen-bond donors (Lipinski definition) is 0. The van der Waals surface area contributed by atoms with Gasteiger partial charge >= 0.3 is 5.97 Å². The fourth-order valence-electron chi connectivity index (χ4n) is 2.63. The van der Waals surface area contributed by atoms with Crippen molar-refractivity contribution in [1.82, 2.24) is 4.90 Å². The van der Waals surface area contributed by atoms with E-state index in [1.807, 2.05) is 18.4 Å². The summed E-state index contributed by atoms with van der Waals surface area (Å²) < 4.78 is 5.23. The van der Waals surface area contributed by atoms with E-state index >= 15 is 0 Å². The van der Waals surface area contributed by atoms with Crippen LogP contribution in [0.1, 0.15) is 48.8 Å². The van der Waals surface area contributed by atoms with Gasteiger partial charge in [0.05, 0.1) is 17.7 Å². The molecule has 1 aliphatic rings. The monoisotopic (exact) mass is 343 g/mol. The lowest BCUT2D eigenvalue weighted by atomic mass is 10.1. The Morgan fingerprint density at radius 2 is 1.75 bits per heavy atom. The molecule has 1 aromatic carbocycles. The Hall–Kier alpha value is -2.47. The second-order valence-corrected chi connectivity index (χ2v) is 6.50. The van der Waals surface area contributed by atoms with Gasteiger partial charge in [0.15, 0.2) is 0 Å². The molecule has 0 atom stereocenters. The lowest BCUT2D eigenvalue weighted by molar-refractivity contribution is 0.0490. The molecule has 2 aromatic rings. The van der Waals surface area contributed by atoms with Gasteiger partial charge in [0.25, 0.3) is 11.8 Å². The van der Waals surface area contributed by atoms with Crippen molar-refractivity contribution in [3.8, 4) is 0 Å².